The molecule has 24 heavy (non-hydrogen) atoms. The summed E-state index contributed by atoms with van der Waals surface area (Å²) in [6.07, 6.45) is 8.76. The maximum absolute atomic E-state index is 9.60. The third-order valence-corrected chi connectivity index (χ3v) is 5.41. The maximum atomic E-state index is 9.60. The first-order valence-corrected chi connectivity index (χ1v) is 9.46. The highest BCUT2D eigenvalue weighted by atomic mass is 79.9. The van der Waals surface area contributed by atoms with Crippen molar-refractivity contribution < 1.29 is 10.2 Å². The summed E-state index contributed by atoms with van der Waals surface area (Å²) in [6, 6.07) is 11.2. The molecule has 0 aliphatic heterocycles. The molecule has 0 atom stereocenters. The van der Waals surface area contributed by atoms with Crippen LogP contribution in [0.1, 0.15) is 36.8 Å². The molecule has 0 heterocycles. The molecular formula is C20H18Br2O2. The highest BCUT2D eigenvalue weighted by Crippen LogP contribution is 2.33. The summed E-state index contributed by atoms with van der Waals surface area (Å²) < 4.78 is 1.44. The van der Waals surface area contributed by atoms with E-state index in [1.54, 1.807) is 12.1 Å². The van der Waals surface area contributed by atoms with Crippen LogP contribution in [0.4, 0.5) is 0 Å². The predicted octanol–water partition coefficient (Wildman–Crippen LogP) is 6.66. The summed E-state index contributed by atoms with van der Waals surface area (Å²) in [5.41, 5.74) is 5.01. The van der Waals surface area contributed by atoms with Crippen LogP contribution >= 0.6 is 31.9 Å². The van der Waals surface area contributed by atoms with Crippen LogP contribution in [0.2, 0.25) is 0 Å². The van der Waals surface area contributed by atoms with Crippen molar-refractivity contribution in [2.45, 2.75) is 25.7 Å². The van der Waals surface area contributed by atoms with Gasteiger partial charge in [0, 0.05) is 0 Å². The Hall–Kier alpha value is -1.52. The van der Waals surface area contributed by atoms with Crippen molar-refractivity contribution in [1.82, 2.24) is 0 Å². The molecule has 2 aromatic carbocycles. The number of hydrogen-bond acceptors (Lipinski definition) is 2. The largest absolute Gasteiger partial charge is 0.507 e. The standard InChI is InChI=1S/C20H18Br2O2/c21-17-11-15(4-6-19(17)23)9-13-2-1-3-14(8-13)10-16-5-7-20(24)18(22)12-16/h4-7,9-12,23-24H,1-3,8H2/b13-9+,14-10+. The molecule has 1 saturated carbocycles. The van der Waals surface area contributed by atoms with Gasteiger partial charge in [-0.2, -0.15) is 0 Å². The van der Waals surface area contributed by atoms with Gasteiger partial charge in [0.15, 0.2) is 0 Å². The second-order valence-electron chi connectivity index (χ2n) is 6.06. The molecule has 1 fully saturated rings. The second kappa shape index (κ2) is 7.58. The van der Waals surface area contributed by atoms with E-state index in [1.807, 2.05) is 24.3 Å². The van der Waals surface area contributed by atoms with Gasteiger partial charge in [0.25, 0.3) is 0 Å². The van der Waals surface area contributed by atoms with Crippen molar-refractivity contribution in [2.75, 3.05) is 0 Å². The predicted molar refractivity (Wildman–Crippen MR) is 106 cm³/mol. The first-order valence-electron chi connectivity index (χ1n) is 7.87. The summed E-state index contributed by atoms with van der Waals surface area (Å²) in [6.45, 7) is 0. The van der Waals surface area contributed by atoms with Crippen molar-refractivity contribution in [3.05, 3.63) is 67.6 Å². The lowest BCUT2D eigenvalue weighted by atomic mass is 9.88. The van der Waals surface area contributed by atoms with Gasteiger partial charge in [-0.1, -0.05) is 35.4 Å². The van der Waals surface area contributed by atoms with Gasteiger partial charge in [0.2, 0.25) is 0 Å². The van der Waals surface area contributed by atoms with Gasteiger partial charge >= 0.3 is 0 Å². The Labute approximate surface area is 158 Å². The van der Waals surface area contributed by atoms with Gasteiger partial charge in [0.1, 0.15) is 11.5 Å². The number of allylic oxidation sites excluding steroid dienone is 2. The third kappa shape index (κ3) is 4.31. The number of hydrogen-bond donors (Lipinski definition) is 2. The average molecular weight is 450 g/mol. The molecule has 0 radical (unpaired) electrons. The topological polar surface area (TPSA) is 40.5 Å². The van der Waals surface area contributed by atoms with E-state index in [1.165, 1.54) is 11.1 Å². The SMILES string of the molecule is Oc1ccc(/C=C2\CCC/C(=C\c3ccc(O)c(Br)c3)C2)cc1Br. The fourth-order valence-corrected chi connectivity index (χ4v) is 3.75. The van der Waals surface area contributed by atoms with Crippen LogP contribution in [0, 0.1) is 0 Å². The summed E-state index contributed by atoms with van der Waals surface area (Å²) in [4.78, 5) is 0. The van der Waals surface area contributed by atoms with Gasteiger partial charge in [-0.25, -0.2) is 0 Å². The molecule has 0 unspecified atom stereocenters. The number of halogens is 2. The molecule has 0 bridgehead atoms. The van der Waals surface area contributed by atoms with E-state index in [2.05, 4.69) is 44.0 Å². The van der Waals surface area contributed by atoms with Gasteiger partial charge in [0.05, 0.1) is 8.95 Å². The lowest BCUT2D eigenvalue weighted by Gasteiger charge is -2.18. The van der Waals surface area contributed by atoms with E-state index in [-0.39, 0.29) is 11.5 Å². The normalized spacial score (nSPS) is 18.2. The Kier molecular flexibility index (Phi) is 5.47. The number of benzene rings is 2. The number of rotatable bonds is 2. The summed E-state index contributed by atoms with van der Waals surface area (Å²) >= 11 is 6.73. The average Bonchev–Trinajstić information content (AvgIpc) is 2.55. The van der Waals surface area contributed by atoms with Crippen molar-refractivity contribution in [2.24, 2.45) is 0 Å². The van der Waals surface area contributed by atoms with Crippen molar-refractivity contribution in [3.63, 3.8) is 0 Å². The smallest absolute Gasteiger partial charge is 0.129 e. The molecule has 2 N–H and O–H groups in total. The van der Waals surface area contributed by atoms with E-state index < -0.39 is 0 Å². The zero-order valence-electron chi connectivity index (χ0n) is 13.1. The van der Waals surface area contributed by atoms with Crippen molar-refractivity contribution in [3.8, 4) is 11.5 Å². The van der Waals surface area contributed by atoms with E-state index in [4.69, 9.17) is 0 Å². The number of phenols is 2. The van der Waals surface area contributed by atoms with E-state index >= 15 is 0 Å². The molecule has 0 amide bonds. The van der Waals surface area contributed by atoms with E-state index in [0.29, 0.717) is 0 Å². The minimum Gasteiger partial charge on any atom is -0.507 e. The van der Waals surface area contributed by atoms with Gasteiger partial charge < -0.3 is 10.2 Å². The van der Waals surface area contributed by atoms with Crippen LogP contribution < -0.4 is 0 Å². The fraction of sp³-hybridized carbons (Fsp3) is 0.200. The molecule has 3 rings (SSSR count). The monoisotopic (exact) mass is 448 g/mol. The quantitative estimate of drug-likeness (QED) is 0.537. The summed E-state index contributed by atoms with van der Waals surface area (Å²) in [5.74, 6) is 0.526. The zero-order valence-corrected chi connectivity index (χ0v) is 16.3. The summed E-state index contributed by atoms with van der Waals surface area (Å²) in [5, 5.41) is 19.2. The van der Waals surface area contributed by atoms with Crippen LogP contribution in [-0.2, 0) is 0 Å². The van der Waals surface area contributed by atoms with E-state index in [0.717, 1.165) is 45.8 Å². The van der Waals surface area contributed by atoms with E-state index in [9.17, 15) is 10.2 Å². The Morgan fingerprint density at radius 2 is 1.21 bits per heavy atom. The Balaban J connectivity index is 1.80. The minimum atomic E-state index is 0.263. The molecule has 1 aliphatic carbocycles. The highest BCUT2D eigenvalue weighted by Gasteiger charge is 2.11. The summed E-state index contributed by atoms with van der Waals surface area (Å²) in [7, 11) is 0. The van der Waals surface area contributed by atoms with Crippen LogP contribution in [0.3, 0.4) is 0 Å². The van der Waals surface area contributed by atoms with Gasteiger partial charge in [-0.15, -0.1) is 0 Å². The molecule has 4 heteroatoms. The fourth-order valence-electron chi connectivity index (χ4n) is 2.95. The van der Waals surface area contributed by atoms with Gasteiger partial charge in [-0.3, -0.25) is 0 Å². The van der Waals surface area contributed by atoms with Crippen LogP contribution in [0.15, 0.2) is 56.5 Å². The Morgan fingerprint density at radius 3 is 1.62 bits per heavy atom. The molecule has 0 saturated heterocycles. The first kappa shape index (κ1) is 17.3. The highest BCUT2D eigenvalue weighted by molar-refractivity contribution is 9.10. The molecule has 0 aromatic heterocycles. The molecule has 2 aromatic rings. The lowest BCUT2D eigenvalue weighted by molar-refractivity contribution is 0.471. The van der Waals surface area contributed by atoms with Gasteiger partial charge in [-0.05, 0) is 92.9 Å². The number of phenolic OH excluding ortho intramolecular Hbond substituents is 2. The van der Waals surface area contributed by atoms with Crippen molar-refractivity contribution >= 4 is 44.0 Å². The minimum absolute atomic E-state index is 0.263. The molecule has 2 nitrogen and oxygen atoms in total. The van der Waals surface area contributed by atoms with Crippen LogP contribution in [-0.4, -0.2) is 10.2 Å². The Bertz CT molecular complexity index is 755. The third-order valence-electron chi connectivity index (χ3n) is 4.13. The zero-order chi connectivity index (χ0) is 17.1. The molecule has 1 aliphatic rings. The molecule has 0 spiro atoms. The molecule has 124 valence electrons. The maximum Gasteiger partial charge on any atom is 0.129 e. The van der Waals surface area contributed by atoms with Crippen LogP contribution in [0.25, 0.3) is 12.2 Å². The second-order valence-corrected chi connectivity index (χ2v) is 7.77. The first-order chi connectivity index (χ1) is 11.5. The van der Waals surface area contributed by atoms with Crippen molar-refractivity contribution in [1.29, 1.82) is 0 Å². The number of aromatic hydroxyl groups is 2. The Morgan fingerprint density at radius 1 is 0.750 bits per heavy atom. The molecular weight excluding hydrogens is 432 g/mol. The lowest BCUT2D eigenvalue weighted by Crippen LogP contribution is -1.98. The van der Waals surface area contributed by atoms with Crippen LogP contribution in [0.5, 0.6) is 11.5 Å².